The normalized spacial score (nSPS) is 11.1. The number of hydrogen-bond acceptors (Lipinski definition) is 5. The Hall–Kier alpha value is -2.33. The Morgan fingerprint density at radius 1 is 1.21 bits per heavy atom. The van der Waals surface area contributed by atoms with Crippen LogP contribution in [0.15, 0.2) is 64.9 Å². The summed E-state index contributed by atoms with van der Waals surface area (Å²) in [5.41, 5.74) is 2.85. The van der Waals surface area contributed by atoms with Crippen molar-refractivity contribution in [1.82, 2.24) is 19.5 Å². The molecule has 28 heavy (non-hydrogen) atoms. The largest absolute Gasteiger partial charge is 0.497 e. The Kier molecular flexibility index (Phi) is 5.67. The summed E-state index contributed by atoms with van der Waals surface area (Å²) < 4.78 is 8.44. The predicted molar refractivity (Wildman–Crippen MR) is 118 cm³/mol. The smallest absolute Gasteiger partial charge is 0.173 e. The van der Waals surface area contributed by atoms with Gasteiger partial charge in [0.25, 0.3) is 0 Å². The molecule has 0 aliphatic rings. The second kappa shape index (κ2) is 8.36. The van der Waals surface area contributed by atoms with Gasteiger partial charge in [0, 0.05) is 15.0 Å². The first-order valence-corrected chi connectivity index (χ1v) is 10.6. The Morgan fingerprint density at radius 2 is 2.04 bits per heavy atom. The molecule has 0 fully saturated rings. The summed E-state index contributed by atoms with van der Waals surface area (Å²) in [7, 11) is 1.66. The summed E-state index contributed by atoms with van der Waals surface area (Å²) in [6, 6.07) is 16.3. The van der Waals surface area contributed by atoms with Gasteiger partial charge in [0.15, 0.2) is 16.3 Å². The van der Waals surface area contributed by atoms with E-state index in [2.05, 4.69) is 44.7 Å². The number of nitrogens with one attached hydrogen (secondary N) is 2. The second-order valence-electron chi connectivity index (χ2n) is 6.16. The van der Waals surface area contributed by atoms with Gasteiger partial charge in [-0.2, -0.15) is 0 Å². The van der Waals surface area contributed by atoms with Crippen LogP contribution in [0.4, 0.5) is 0 Å². The summed E-state index contributed by atoms with van der Waals surface area (Å²) in [5, 5.41) is 8.86. The van der Waals surface area contributed by atoms with Gasteiger partial charge in [0.2, 0.25) is 0 Å². The van der Waals surface area contributed by atoms with Crippen molar-refractivity contribution in [3.63, 3.8) is 0 Å². The molecule has 0 radical (unpaired) electrons. The molecule has 2 N–H and O–H groups in total. The molecule has 0 aliphatic heterocycles. The Labute approximate surface area is 180 Å². The first-order valence-electron chi connectivity index (χ1n) is 8.69. The minimum Gasteiger partial charge on any atom is -0.497 e. The number of nitrogens with zero attached hydrogens (tertiary/aromatic N) is 3. The van der Waals surface area contributed by atoms with Crippen molar-refractivity contribution in [2.24, 2.45) is 0 Å². The van der Waals surface area contributed by atoms with Crippen LogP contribution in [0.5, 0.6) is 5.75 Å². The van der Waals surface area contributed by atoms with E-state index >= 15 is 0 Å². The summed E-state index contributed by atoms with van der Waals surface area (Å²) >= 11 is 3.82. The summed E-state index contributed by atoms with van der Waals surface area (Å²) in [5.74, 6) is 0.805. The third kappa shape index (κ3) is 4.07. The van der Waals surface area contributed by atoms with Crippen LogP contribution in [0, 0.1) is 8.98 Å². The number of methoxy groups -OCH3 is 1. The van der Waals surface area contributed by atoms with Crippen molar-refractivity contribution < 1.29 is 4.74 Å². The SMILES string of the molecule is COc1ccc(I)c(Sc2nc3c([nH]2)c(=N)ncn3CCc2ccccc2)c1. The topological polar surface area (TPSA) is 79.6 Å². The van der Waals surface area contributed by atoms with Gasteiger partial charge in [-0.05, 0) is 52.8 Å². The minimum atomic E-state index is 0.200. The van der Waals surface area contributed by atoms with Crippen LogP contribution in [0.3, 0.4) is 0 Å². The molecule has 0 unspecified atom stereocenters. The fourth-order valence-electron chi connectivity index (χ4n) is 2.86. The standard InChI is InChI=1S/C20H18IN5OS/c1-27-14-7-8-15(21)16(11-14)28-20-24-17-18(22)23-12-26(19(17)25-20)10-9-13-5-3-2-4-6-13/h2-8,11-12,22H,9-10H2,1H3,(H,24,25). The molecular formula is C20H18IN5OS. The lowest BCUT2D eigenvalue weighted by molar-refractivity contribution is 0.413. The molecule has 2 aromatic carbocycles. The number of aromatic amines is 1. The molecule has 0 aliphatic carbocycles. The molecule has 0 spiro atoms. The average molecular weight is 503 g/mol. The van der Waals surface area contributed by atoms with Crippen LogP contribution in [-0.4, -0.2) is 26.6 Å². The fraction of sp³-hybridized carbons (Fsp3) is 0.150. The monoisotopic (exact) mass is 503 g/mol. The molecule has 0 saturated heterocycles. The summed E-state index contributed by atoms with van der Waals surface area (Å²) in [6.45, 7) is 0.749. The minimum absolute atomic E-state index is 0.200. The van der Waals surface area contributed by atoms with Gasteiger partial charge in [-0.1, -0.05) is 42.1 Å². The maximum atomic E-state index is 8.13. The van der Waals surface area contributed by atoms with E-state index < -0.39 is 0 Å². The van der Waals surface area contributed by atoms with Crippen molar-refractivity contribution in [1.29, 1.82) is 5.41 Å². The van der Waals surface area contributed by atoms with Crippen molar-refractivity contribution in [3.8, 4) is 5.75 Å². The van der Waals surface area contributed by atoms with Gasteiger partial charge in [-0.15, -0.1) is 0 Å². The Balaban J connectivity index is 1.65. The highest BCUT2D eigenvalue weighted by Gasteiger charge is 2.12. The second-order valence-corrected chi connectivity index (χ2v) is 8.35. The first kappa shape index (κ1) is 19.0. The van der Waals surface area contributed by atoms with Crippen LogP contribution < -0.4 is 10.2 Å². The zero-order chi connectivity index (χ0) is 19.5. The summed E-state index contributed by atoms with van der Waals surface area (Å²) in [6.07, 6.45) is 2.57. The number of aryl methyl sites for hydroxylation is 2. The molecule has 4 aromatic rings. The number of imidazole rings is 1. The zero-order valence-electron chi connectivity index (χ0n) is 15.1. The van der Waals surface area contributed by atoms with E-state index in [-0.39, 0.29) is 5.49 Å². The quantitative estimate of drug-likeness (QED) is 0.386. The lowest BCUT2D eigenvalue weighted by Crippen LogP contribution is -2.13. The van der Waals surface area contributed by atoms with E-state index in [0.717, 1.165) is 38.0 Å². The van der Waals surface area contributed by atoms with Crippen molar-refractivity contribution >= 4 is 45.5 Å². The number of ether oxygens (including phenoxy) is 1. The average Bonchev–Trinajstić information content (AvgIpc) is 3.15. The van der Waals surface area contributed by atoms with Crippen LogP contribution in [0.25, 0.3) is 11.2 Å². The van der Waals surface area contributed by atoms with E-state index in [1.807, 2.05) is 41.0 Å². The first-order chi connectivity index (χ1) is 13.6. The van der Waals surface area contributed by atoms with Crippen molar-refractivity contribution in [3.05, 3.63) is 69.5 Å². The number of rotatable bonds is 6. The predicted octanol–water partition coefficient (Wildman–Crippen LogP) is 4.25. The van der Waals surface area contributed by atoms with Crippen LogP contribution in [0.1, 0.15) is 5.56 Å². The molecule has 8 heteroatoms. The van der Waals surface area contributed by atoms with Crippen LogP contribution in [-0.2, 0) is 13.0 Å². The Morgan fingerprint density at radius 3 is 2.82 bits per heavy atom. The van der Waals surface area contributed by atoms with E-state index in [9.17, 15) is 0 Å². The van der Waals surface area contributed by atoms with Crippen molar-refractivity contribution in [2.45, 2.75) is 23.0 Å². The number of hydrogen-bond donors (Lipinski definition) is 2. The van der Waals surface area contributed by atoms with Gasteiger partial charge >= 0.3 is 0 Å². The van der Waals surface area contributed by atoms with Crippen LogP contribution >= 0.6 is 34.4 Å². The molecule has 142 valence electrons. The number of benzene rings is 2. The number of halogens is 1. The van der Waals surface area contributed by atoms with Gasteiger partial charge < -0.3 is 14.3 Å². The third-order valence-electron chi connectivity index (χ3n) is 4.33. The number of aromatic nitrogens is 4. The molecule has 0 atom stereocenters. The molecule has 4 rings (SSSR count). The third-order valence-corrected chi connectivity index (χ3v) is 6.58. The zero-order valence-corrected chi connectivity index (χ0v) is 18.1. The van der Waals surface area contributed by atoms with E-state index in [4.69, 9.17) is 15.1 Å². The highest BCUT2D eigenvalue weighted by Crippen LogP contribution is 2.33. The fourth-order valence-corrected chi connectivity index (χ4v) is 4.36. The van der Waals surface area contributed by atoms with Gasteiger partial charge in [0.05, 0.1) is 13.4 Å². The van der Waals surface area contributed by atoms with E-state index in [0.29, 0.717) is 5.52 Å². The molecule has 0 saturated carbocycles. The molecule has 2 heterocycles. The molecular weight excluding hydrogens is 485 g/mol. The lowest BCUT2D eigenvalue weighted by atomic mass is 10.1. The Bertz CT molecular complexity index is 1170. The number of fused-ring (bicyclic) bond motifs is 1. The van der Waals surface area contributed by atoms with Gasteiger partial charge in [-0.25, -0.2) is 9.97 Å². The molecule has 0 amide bonds. The molecule has 2 aromatic heterocycles. The van der Waals surface area contributed by atoms with Crippen LogP contribution in [0.2, 0.25) is 0 Å². The summed E-state index contributed by atoms with van der Waals surface area (Å²) in [4.78, 5) is 13.3. The van der Waals surface area contributed by atoms with Crippen molar-refractivity contribution in [2.75, 3.05) is 7.11 Å². The van der Waals surface area contributed by atoms with Gasteiger partial charge in [-0.3, -0.25) is 5.41 Å². The maximum Gasteiger partial charge on any atom is 0.173 e. The van der Waals surface area contributed by atoms with E-state index in [1.54, 1.807) is 13.4 Å². The highest BCUT2D eigenvalue weighted by atomic mass is 127. The molecule has 0 bridgehead atoms. The number of H-pyrrole nitrogens is 1. The molecule has 6 nitrogen and oxygen atoms in total. The maximum absolute atomic E-state index is 8.13. The highest BCUT2D eigenvalue weighted by molar-refractivity contribution is 14.1. The van der Waals surface area contributed by atoms with E-state index in [1.165, 1.54) is 17.3 Å². The lowest BCUT2D eigenvalue weighted by Gasteiger charge is -2.06. The van der Waals surface area contributed by atoms with Gasteiger partial charge in [0.1, 0.15) is 11.3 Å².